The highest BCUT2D eigenvalue weighted by Gasteiger charge is 2.25. The Morgan fingerprint density at radius 3 is 2.60 bits per heavy atom. The van der Waals surface area contributed by atoms with E-state index in [9.17, 15) is 4.39 Å². The van der Waals surface area contributed by atoms with Crippen molar-refractivity contribution < 1.29 is 9.13 Å². The highest BCUT2D eigenvalue weighted by atomic mass is 19.1. The predicted molar refractivity (Wildman–Crippen MR) is 76.7 cm³/mol. The Labute approximate surface area is 120 Å². The molecule has 112 valence electrons. The molecule has 2 rings (SSSR count). The molecule has 2 unspecified atom stereocenters. The summed E-state index contributed by atoms with van der Waals surface area (Å²) in [7, 11) is 0. The van der Waals surface area contributed by atoms with Gasteiger partial charge in [0.15, 0.2) is 0 Å². The van der Waals surface area contributed by atoms with E-state index in [1.807, 2.05) is 0 Å². The Kier molecular flexibility index (Phi) is 5.07. The van der Waals surface area contributed by atoms with Crippen LogP contribution in [-0.4, -0.2) is 41.7 Å². The third-order valence-electron chi connectivity index (χ3n) is 3.75. The van der Waals surface area contributed by atoms with E-state index in [1.165, 1.54) is 12.3 Å². The second kappa shape index (κ2) is 6.61. The van der Waals surface area contributed by atoms with Gasteiger partial charge in [-0.1, -0.05) is 6.92 Å². The van der Waals surface area contributed by atoms with Crippen LogP contribution in [0.15, 0.2) is 18.3 Å². The van der Waals surface area contributed by atoms with Crippen LogP contribution in [0.25, 0.3) is 0 Å². The molecule has 0 amide bonds. The Hall–Kier alpha value is -1.04. The zero-order valence-electron chi connectivity index (χ0n) is 12.4. The summed E-state index contributed by atoms with van der Waals surface area (Å²) >= 11 is 0. The molecule has 0 spiro atoms. The smallest absolute Gasteiger partial charge is 0.141 e. The maximum atomic E-state index is 12.9. The largest absolute Gasteiger partial charge is 0.373 e. The number of rotatable bonds is 4. The molecule has 2 heterocycles. The summed E-state index contributed by atoms with van der Waals surface area (Å²) in [5.41, 5.74) is 6.98. The normalized spacial score (nSPS) is 27.2. The summed E-state index contributed by atoms with van der Waals surface area (Å²) < 4.78 is 18.6. The van der Waals surface area contributed by atoms with E-state index in [2.05, 4.69) is 30.7 Å². The van der Waals surface area contributed by atoms with E-state index < -0.39 is 0 Å². The lowest BCUT2D eigenvalue weighted by atomic mass is 9.98. The fourth-order valence-electron chi connectivity index (χ4n) is 2.83. The molecular formula is C15H24FN3O. The maximum Gasteiger partial charge on any atom is 0.141 e. The minimum absolute atomic E-state index is 0.177. The fourth-order valence-corrected chi connectivity index (χ4v) is 2.83. The lowest BCUT2D eigenvalue weighted by Crippen LogP contribution is -2.47. The van der Waals surface area contributed by atoms with Gasteiger partial charge in [0.05, 0.1) is 30.1 Å². The van der Waals surface area contributed by atoms with Crippen LogP contribution in [0.2, 0.25) is 0 Å². The van der Waals surface area contributed by atoms with E-state index in [0.717, 1.165) is 25.3 Å². The minimum atomic E-state index is -0.329. The van der Waals surface area contributed by atoms with Gasteiger partial charge in [-0.2, -0.15) is 0 Å². The zero-order chi connectivity index (χ0) is 14.7. The lowest BCUT2D eigenvalue weighted by Gasteiger charge is -2.37. The van der Waals surface area contributed by atoms with Crippen molar-refractivity contribution in [1.29, 1.82) is 0 Å². The molecule has 0 radical (unpaired) electrons. The summed E-state index contributed by atoms with van der Waals surface area (Å²) in [5.74, 6) is -0.0742. The number of hydrogen-bond donors (Lipinski definition) is 1. The minimum Gasteiger partial charge on any atom is -0.373 e. The van der Waals surface area contributed by atoms with Gasteiger partial charge in [-0.25, -0.2) is 4.39 Å². The monoisotopic (exact) mass is 281 g/mol. The summed E-state index contributed by atoms with van der Waals surface area (Å²) in [5, 5.41) is 0. The van der Waals surface area contributed by atoms with Crippen LogP contribution in [-0.2, 0) is 4.74 Å². The SMILES string of the molecule is CC(CN1C[C@@H](C)O[C@@H](C)C1)C(N)c1ccc(F)cn1. The van der Waals surface area contributed by atoms with Crippen LogP contribution in [0.1, 0.15) is 32.5 Å². The van der Waals surface area contributed by atoms with E-state index in [1.54, 1.807) is 6.07 Å². The molecule has 1 aliphatic heterocycles. The van der Waals surface area contributed by atoms with Crippen LogP contribution < -0.4 is 5.73 Å². The number of aromatic nitrogens is 1. The summed E-state index contributed by atoms with van der Waals surface area (Å²) in [4.78, 5) is 6.46. The summed E-state index contributed by atoms with van der Waals surface area (Å²) in [6.45, 7) is 9.05. The number of nitrogens with two attached hydrogens (primary N) is 1. The quantitative estimate of drug-likeness (QED) is 0.916. The fraction of sp³-hybridized carbons (Fsp3) is 0.667. The highest BCUT2D eigenvalue weighted by molar-refractivity contribution is 5.10. The molecular weight excluding hydrogens is 257 g/mol. The van der Waals surface area contributed by atoms with Gasteiger partial charge < -0.3 is 10.5 Å². The van der Waals surface area contributed by atoms with Crippen molar-refractivity contribution in [3.05, 3.63) is 29.8 Å². The predicted octanol–water partition coefficient (Wildman–Crippen LogP) is 1.97. The van der Waals surface area contributed by atoms with E-state index >= 15 is 0 Å². The maximum absolute atomic E-state index is 12.9. The van der Waals surface area contributed by atoms with E-state index in [4.69, 9.17) is 10.5 Å². The first-order valence-corrected chi connectivity index (χ1v) is 7.20. The van der Waals surface area contributed by atoms with Gasteiger partial charge in [0.1, 0.15) is 5.82 Å². The molecule has 1 aliphatic rings. The van der Waals surface area contributed by atoms with Crippen molar-refractivity contribution >= 4 is 0 Å². The standard InChI is InChI=1S/C15H24FN3O/c1-10(7-19-8-11(2)20-12(3)9-19)15(17)14-5-4-13(16)6-18-14/h4-6,10-12,15H,7-9,17H2,1-3H3/t10?,11-,12+,15?. The molecule has 0 bridgehead atoms. The lowest BCUT2D eigenvalue weighted by molar-refractivity contribution is -0.0716. The first-order valence-electron chi connectivity index (χ1n) is 7.20. The van der Waals surface area contributed by atoms with Gasteiger partial charge in [-0.3, -0.25) is 9.88 Å². The van der Waals surface area contributed by atoms with Crippen LogP contribution in [0.3, 0.4) is 0 Å². The summed E-state index contributed by atoms with van der Waals surface area (Å²) in [6, 6.07) is 2.90. The summed E-state index contributed by atoms with van der Waals surface area (Å²) in [6.07, 6.45) is 1.73. The number of halogens is 1. The molecule has 2 N–H and O–H groups in total. The average Bonchev–Trinajstić information content (AvgIpc) is 2.37. The Balaban J connectivity index is 1.93. The van der Waals surface area contributed by atoms with Crippen molar-refractivity contribution in [3.8, 4) is 0 Å². The molecule has 4 nitrogen and oxygen atoms in total. The van der Waals surface area contributed by atoms with Crippen molar-refractivity contribution in [2.45, 2.75) is 39.0 Å². The second-order valence-corrected chi connectivity index (χ2v) is 5.88. The van der Waals surface area contributed by atoms with Crippen LogP contribution in [0, 0.1) is 11.7 Å². The van der Waals surface area contributed by atoms with Gasteiger partial charge in [0.2, 0.25) is 0 Å². The first-order chi connectivity index (χ1) is 9.45. The Morgan fingerprint density at radius 2 is 2.05 bits per heavy atom. The number of morpholine rings is 1. The molecule has 1 saturated heterocycles. The number of hydrogen-bond acceptors (Lipinski definition) is 4. The van der Waals surface area contributed by atoms with Crippen molar-refractivity contribution in [3.63, 3.8) is 0 Å². The molecule has 1 fully saturated rings. The van der Waals surface area contributed by atoms with Gasteiger partial charge >= 0.3 is 0 Å². The van der Waals surface area contributed by atoms with Gasteiger partial charge in [-0.15, -0.1) is 0 Å². The van der Waals surface area contributed by atoms with Crippen molar-refractivity contribution in [1.82, 2.24) is 9.88 Å². The van der Waals surface area contributed by atoms with E-state index in [0.29, 0.717) is 0 Å². The number of pyridine rings is 1. The molecule has 0 aromatic carbocycles. The Bertz CT molecular complexity index is 416. The Morgan fingerprint density at radius 1 is 1.40 bits per heavy atom. The molecule has 5 heteroatoms. The third kappa shape index (κ3) is 3.98. The topological polar surface area (TPSA) is 51.4 Å². The first kappa shape index (κ1) is 15.4. The van der Waals surface area contributed by atoms with Crippen LogP contribution in [0.5, 0.6) is 0 Å². The van der Waals surface area contributed by atoms with Gasteiger partial charge in [-0.05, 0) is 31.9 Å². The van der Waals surface area contributed by atoms with Gasteiger partial charge in [0, 0.05) is 19.6 Å². The molecule has 20 heavy (non-hydrogen) atoms. The van der Waals surface area contributed by atoms with Gasteiger partial charge in [0.25, 0.3) is 0 Å². The second-order valence-electron chi connectivity index (χ2n) is 5.88. The van der Waals surface area contributed by atoms with E-state index in [-0.39, 0.29) is 30.0 Å². The third-order valence-corrected chi connectivity index (χ3v) is 3.75. The molecule has 1 aromatic heterocycles. The van der Waals surface area contributed by atoms with Crippen LogP contribution >= 0.6 is 0 Å². The van der Waals surface area contributed by atoms with Crippen molar-refractivity contribution in [2.24, 2.45) is 11.7 Å². The van der Waals surface area contributed by atoms with Crippen LogP contribution in [0.4, 0.5) is 4.39 Å². The zero-order valence-corrected chi connectivity index (χ0v) is 12.4. The molecule has 0 saturated carbocycles. The number of nitrogens with zero attached hydrogens (tertiary/aromatic N) is 2. The molecule has 1 aromatic rings. The molecule has 4 atom stereocenters. The average molecular weight is 281 g/mol. The van der Waals surface area contributed by atoms with Crippen molar-refractivity contribution in [2.75, 3.05) is 19.6 Å². The molecule has 0 aliphatic carbocycles. The highest BCUT2D eigenvalue weighted by Crippen LogP contribution is 2.20. The number of ether oxygens (including phenoxy) is 1.